The first-order valence-electron chi connectivity index (χ1n) is 8.49. The van der Waals surface area contributed by atoms with Crippen LogP contribution in [-0.4, -0.2) is 12.5 Å². The summed E-state index contributed by atoms with van der Waals surface area (Å²) >= 11 is 3.37. The van der Waals surface area contributed by atoms with Gasteiger partial charge in [-0.05, 0) is 60.7 Å². The summed E-state index contributed by atoms with van der Waals surface area (Å²) in [5, 5.41) is 2.82. The van der Waals surface area contributed by atoms with Gasteiger partial charge in [0.15, 0.2) is 6.61 Å². The van der Waals surface area contributed by atoms with Gasteiger partial charge in [0, 0.05) is 10.2 Å². The zero-order valence-corrected chi connectivity index (χ0v) is 15.2. The molecule has 1 N–H and O–H groups in total. The number of ether oxygens (including phenoxy) is 1. The minimum atomic E-state index is -0.159. The van der Waals surface area contributed by atoms with Crippen LogP contribution in [0.5, 0.6) is 5.75 Å². The van der Waals surface area contributed by atoms with Crippen LogP contribution in [0.3, 0.4) is 0 Å². The minimum absolute atomic E-state index is 0.0127. The van der Waals surface area contributed by atoms with Crippen molar-refractivity contribution in [3.05, 3.63) is 58.6 Å². The van der Waals surface area contributed by atoms with Crippen LogP contribution in [0.1, 0.15) is 43.6 Å². The molecule has 2 aromatic rings. The summed E-state index contributed by atoms with van der Waals surface area (Å²) in [6, 6.07) is 15.7. The van der Waals surface area contributed by atoms with Gasteiger partial charge in [0.25, 0.3) is 5.91 Å². The predicted molar refractivity (Wildman–Crippen MR) is 101 cm³/mol. The summed E-state index contributed by atoms with van der Waals surface area (Å²) < 4.78 is 6.57. The summed E-state index contributed by atoms with van der Waals surface area (Å²) in [5.74, 6) is 1.27. The van der Waals surface area contributed by atoms with Crippen molar-refractivity contribution in [3.8, 4) is 5.75 Å². The zero-order chi connectivity index (χ0) is 16.8. The van der Waals surface area contributed by atoms with Gasteiger partial charge in [0.1, 0.15) is 5.75 Å². The highest BCUT2D eigenvalue weighted by Gasteiger charge is 2.15. The van der Waals surface area contributed by atoms with Crippen LogP contribution in [0.2, 0.25) is 0 Å². The normalized spacial score (nSPS) is 15.0. The molecule has 0 aromatic heterocycles. The quantitative estimate of drug-likeness (QED) is 0.733. The van der Waals surface area contributed by atoms with Crippen LogP contribution in [0.15, 0.2) is 53.0 Å². The number of rotatable bonds is 5. The van der Waals surface area contributed by atoms with Gasteiger partial charge < -0.3 is 10.1 Å². The number of hydrogen-bond donors (Lipinski definition) is 1. The Bertz CT molecular complexity index is 661. The Morgan fingerprint density at radius 2 is 1.67 bits per heavy atom. The van der Waals surface area contributed by atoms with Crippen LogP contribution in [0.4, 0.5) is 5.69 Å². The molecule has 0 saturated heterocycles. The molecule has 126 valence electrons. The van der Waals surface area contributed by atoms with E-state index in [1.54, 1.807) is 0 Å². The van der Waals surface area contributed by atoms with Gasteiger partial charge in [-0.1, -0.05) is 47.3 Å². The molecule has 1 amide bonds. The van der Waals surface area contributed by atoms with E-state index in [-0.39, 0.29) is 12.5 Å². The first kappa shape index (κ1) is 17.0. The maximum atomic E-state index is 11.9. The minimum Gasteiger partial charge on any atom is -0.484 e. The highest BCUT2D eigenvalue weighted by atomic mass is 79.9. The monoisotopic (exact) mass is 387 g/mol. The second kappa shape index (κ2) is 8.34. The molecule has 1 aliphatic rings. The predicted octanol–water partition coefficient (Wildman–Crippen LogP) is 5.51. The lowest BCUT2D eigenvalue weighted by molar-refractivity contribution is -0.118. The molecule has 3 nitrogen and oxygen atoms in total. The van der Waals surface area contributed by atoms with Crippen molar-refractivity contribution in [3.63, 3.8) is 0 Å². The number of halogens is 1. The van der Waals surface area contributed by atoms with Crippen molar-refractivity contribution in [1.29, 1.82) is 0 Å². The Hall–Kier alpha value is -1.81. The van der Waals surface area contributed by atoms with Crippen LogP contribution in [0.25, 0.3) is 0 Å². The molecule has 1 aliphatic carbocycles. The Kier molecular flexibility index (Phi) is 5.91. The van der Waals surface area contributed by atoms with Crippen molar-refractivity contribution >= 4 is 27.5 Å². The smallest absolute Gasteiger partial charge is 0.262 e. The van der Waals surface area contributed by atoms with E-state index in [0.717, 1.165) is 15.9 Å². The molecule has 1 saturated carbocycles. The fourth-order valence-corrected chi connectivity index (χ4v) is 3.42. The van der Waals surface area contributed by atoms with Gasteiger partial charge >= 0.3 is 0 Å². The van der Waals surface area contributed by atoms with Crippen LogP contribution in [-0.2, 0) is 4.79 Å². The summed E-state index contributed by atoms with van der Waals surface area (Å²) in [5.41, 5.74) is 2.15. The van der Waals surface area contributed by atoms with E-state index in [0.29, 0.717) is 5.92 Å². The van der Waals surface area contributed by atoms with E-state index in [1.807, 2.05) is 36.4 Å². The number of anilines is 1. The number of benzene rings is 2. The third-order valence-electron chi connectivity index (χ3n) is 4.45. The van der Waals surface area contributed by atoms with Crippen molar-refractivity contribution in [2.24, 2.45) is 0 Å². The van der Waals surface area contributed by atoms with E-state index >= 15 is 0 Å². The zero-order valence-electron chi connectivity index (χ0n) is 13.6. The first-order chi connectivity index (χ1) is 11.7. The molecule has 3 rings (SSSR count). The molecule has 1 fully saturated rings. The topological polar surface area (TPSA) is 38.3 Å². The highest BCUT2D eigenvalue weighted by Crippen LogP contribution is 2.33. The average molecular weight is 388 g/mol. The van der Waals surface area contributed by atoms with Crippen molar-refractivity contribution in [2.45, 2.75) is 38.0 Å². The number of amides is 1. The fourth-order valence-electron chi connectivity index (χ4n) is 3.15. The molecule has 0 bridgehead atoms. The van der Waals surface area contributed by atoms with Gasteiger partial charge in [-0.2, -0.15) is 0 Å². The van der Waals surface area contributed by atoms with Gasteiger partial charge in [0.05, 0.1) is 0 Å². The molecular formula is C20H22BrNO2. The largest absolute Gasteiger partial charge is 0.484 e. The summed E-state index contributed by atoms with van der Waals surface area (Å²) in [6.07, 6.45) is 6.61. The maximum absolute atomic E-state index is 11.9. The summed E-state index contributed by atoms with van der Waals surface area (Å²) in [7, 11) is 0. The highest BCUT2D eigenvalue weighted by molar-refractivity contribution is 9.10. The Balaban J connectivity index is 1.49. The van der Waals surface area contributed by atoms with E-state index < -0.39 is 0 Å². The lowest BCUT2D eigenvalue weighted by Gasteiger charge is -2.22. The third-order valence-corrected chi connectivity index (χ3v) is 4.98. The number of nitrogens with one attached hydrogen (secondary N) is 1. The standard InChI is InChI=1S/C20H22BrNO2/c21-17-8-10-18(11-9-17)22-20(23)14-24-19-12-6-16(7-13-19)15-4-2-1-3-5-15/h6-13,15H,1-5,14H2,(H,22,23). The number of carbonyl (C=O) groups excluding carboxylic acids is 1. The Morgan fingerprint density at radius 3 is 2.33 bits per heavy atom. The average Bonchev–Trinajstić information content (AvgIpc) is 2.63. The number of carbonyl (C=O) groups is 1. The van der Waals surface area contributed by atoms with Gasteiger partial charge in [-0.25, -0.2) is 0 Å². The van der Waals surface area contributed by atoms with E-state index in [2.05, 4.69) is 33.4 Å². The van der Waals surface area contributed by atoms with Crippen molar-refractivity contribution in [1.82, 2.24) is 0 Å². The van der Waals surface area contributed by atoms with Gasteiger partial charge in [0.2, 0.25) is 0 Å². The Morgan fingerprint density at radius 1 is 1.00 bits per heavy atom. The van der Waals surface area contributed by atoms with E-state index in [4.69, 9.17) is 4.74 Å². The molecule has 0 atom stereocenters. The fraction of sp³-hybridized carbons (Fsp3) is 0.350. The first-order valence-corrected chi connectivity index (χ1v) is 9.28. The molecular weight excluding hydrogens is 366 g/mol. The van der Waals surface area contributed by atoms with Crippen LogP contribution in [0, 0.1) is 0 Å². The van der Waals surface area contributed by atoms with Crippen molar-refractivity contribution in [2.75, 3.05) is 11.9 Å². The van der Waals surface area contributed by atoms with E-state index in [9.17, 15) is 4.79 Å². The molecule has 0 radical (unpaired) electrons. The molecule has 24 heavy (non-hydrogen) atoms. The Labute approximate surface area is 151 Å². The molecule has 0 heterocycles. The summed E-state index contributed by atoms with van der Waals surface area (Å²) in [6.45, 7) is 0.0127. The third kappa shape index (κ3) is 4.84. The second-order valence-corrected chi connectivity index (χ2v) is 7.16. The molecule has 0 unspecified atom stereocenters. The molecule has 2 aromatic carbocycles. The maximum Gasteiger partial charge on any atom is 0.262 e. The van der Waals surface area contributed by atoms with Gasteiger partial charge in [-0.15, -0.1) is 0 Å². The number of hydrogen-bond acceptors (Lipinski definition) is 2. The molecule has 4 heteroatoms. The lowest BCUT2D eigenvalue weighted by atomic mass is 9.84. The second-order valence-electron chi connectivity index (χ2n) is 6.25. The lowest BCUT2D eigenvalue weighted by Crippen LogP contribution is -2.20. The van der Waals surface area contributed by atoms with Gasteiger partial charge in [-0.3, -0.25) is 4.79 Å². The summed E-state index contributed by atoms with van der Waals surface area (Å²) in [4.78, 5) is 11.9. The molecule has 0 aliphatic heterocycles. The van der Waals surface area contributed by atoms with Crippen LogP contribution < -0.4 is 10.1 Å². The van der Waals surface area contributed by atoms with Crippen molar-refractivity contribution < 1.29 is 9.53 Å². The van der Waals surface area contributed by atoms with E-state index in [1.165, 1.54) is 37.7 Å². The SMILES string of the molecule is O=C(COc1ccc(C2CCCCC2)cc1)Nc1ccc(Br)cc1. The van der Waals surface area contributed by atoms with Crippen LogP contribution >= 0.6 is 15.9 Å². The molecule has 0 spiro atoms.